The van der Waals surface area contributed by atoms with Gasteiger partial charge in [-0.1, -0.05) is 25.5 Å². The molecule has 2 N–H and O–H groups in total. The van der Waals surface area contributed by atoms with Crippen LogP contribution in [0, 0.1) is 0 Å². The molecule has 1 aromatic carbocycles. The van der Waals surface area contributed by atoms with Crippen molar-refractivity contribution in [1.29, 1.82) is 0 Å². The average molecular weight is 517 g/mol. The summed E-state index contributed by atoms with van der Waals surface area (Å²) in [6.07, 6.45) is 11.9. The number of hydrogen-bond acceptors (Lipinski definition) is 4. The summed E-state index contributed by atoms with van der Waals surface area (Å²) in [6.45, 7) is 3.18. The van der Waals surface area contributed by atoms with Crippen LogP contribution < -0.4 is 15.4 Å². The van der Waals surface area contributed by atoms with Gasteiger partial charge in [0.1, 0.15) is 11.4 Å². The van der Waals surface area contributed by atoms with Crippen molar-refractivity contribution in [3.8, 4) is 5.75 Å². The summed E-state index contributed by atoms with van der Waals surface area (Å²) in [5.74, 6) is 0.346. The fourth-order valence-electron chi connectivity index (χ4n) is 4.37. The fraction of sp³-hybridized carbons (Fsp3) is 0.345. The lowest BCUT2D eigenvalue weighted by Crippen LogP contribution is -2.15. The molecule has 0 aliphatic carbocycles. The largest absolute Gasteiger partial charge is 0.497 e. The second kappa shape index (κ2) is 12.3. The Labute approximate surface area is 223 Å². The van der Waals surface area contributed by atoms with Crippen LogP contribution in [0.5, 0.6) is 5.75 Å². The highest BCUT2D eigenvalue weighted by atomic mass is 16.5. The van der Waals surface area contributed by atoms with Crippen molar-refractivity contribution >= 4 is 23.2 Å². The molecule has 0 spiro atoms. The second-order valence-electron chi connectivity index (χ2n) is 9.54. The smallest absolute Gasteiger partial charge is 0.272 e. The van der Waals surface area contributed by atoms with E-state index in [4.69, 9.17) is 4.74 Å². The number of carbonyl (C=O) groups is 2. The monoisotopic (exact) mass is 516 g/mol. The van der Waals surface area contributed by atoms with Crippen molar-refractivity contribution in [2.75, 3.05) is 17.7 Å². The molecule has 3 aromatic heterocycles. The lowest BCUT2D eigenvalue weighted by molar-refractivity contribution is -0.115. The number of methoxy groups -OCH3 is 1. The van der Waals surface area contributed by atoms with Crippen molar-refractivity contribution in [1.82, 2.24) is 18.7 Å². The number of carbonyl (C=O) groups excluding carboxylic acids is 2. The Balaban J connectivity index is 1.32. The first-order chi connectivity index (χ1) is 18.3. The van der Waals surface area contributed by atoms with E-state index in [1.165, 1.54) is 0 Å². The summed E-state index contributed by atoms with van der Waals surface area (Å²) in [5, 5.41) is 5.85. The minimum absolute atomic E-state index is 0.157. The van der Waals surface area contributed by atoms with Gasteiger partial charge in [-0.15, -0.1) is 0 Å². The van der Waals surface area contributed by atoms with E-state index < -0.39 is 0 Å². The Kier molecular flexibility index (Phi) is 8.68. The highest BCUT2D eigenvalue weighted by Gasteiger charge is 2.15. The molecule has 0 radical (unpaired) electrons. The van der Waals surface area contributed by atoms with Crippen LogP contribution in [0.2, 0.25) is 0 Å². The SMILES string of the molecule is CCCCn1cnc(CCc2cc(NC(=O)c3cc(NC(=O)Cc4ccc(OC)cc4)cn3C)cn2C)c1. The van der Waals surface area contributed by atoms with Crippen molar-refractivity contribution in [3.63, 3.8) is 0 Å². The Hall–Kier alpha value is -4.27. The van der Waals surface area contributed by atoms with Crippen LogP contribution in [0.1, 0.15) is 47.2 Å². The summed E-state index contributed by atoms with van der Waals surface area (Å²) < 4.78 is 11.0. The predicted octanol–water partition coefficient (Wildman–Crippen LogP) is 4.59. The van der Waals surface area contributed by atoms with E-state index in [0.717, 1.165) is 60.6 Å². The van der Waals surface area contributed by atoms with E-state index in [9.17, 15) is 9.59 Å². The number of hydrogen-bond donors (Lipinski definition) is 2. The van der Waals surface area contributed by atoms with E-state index in [2.05, 4.69) is 33.3 Å². The molecule has 3 heterocycles. The molecule has 4 rings (SSSR count). The third kappa shape index (κ3) is 6.94. The van der Waals surface area contributed by atoms with Crippen LogP contribution in [-0.2, 0) is 44.7 Å². The van der Waals surface area contributed by atoms with Gasteiger partial charge in [0.25, 0.3) is 5.91 Å². The van der Waals surface area contributed by atoms with E-state index in [-0.39, 0.29) is 18.2 Å². The molecule has 38 heavy (non-hydrogen) atoms. The number of rotatable bonds is 12. The van der Waals surface area contributed by atoms with Gasteiger partial charge in [0.2, 0.25) is 5.91 Å². The Morgan fingerprint density at radius 1 is 0.947 bits per heavy atom. The minimum Gasteiger partial charge on any atom is -0.497 e. The van der Waals surface area contributed by atoms with E-state index in [1.807, 2.05) is 54.5 Å². The number of aryl methyl sites for hydroxylation is 5. The van der Waals surface area contributed by atoms with Crippen LogP contribution in [0.15, 0.2) is 61.3 Å². The molecule has 0 aliphatic rings. The lowest BCUT2D eigenvalue weighted by Gasteiger charge is -2.04. The first-order valence-corrected chi connectivity index (χ1v) is 12.9. The maximum atomic E-state index is 13.0. The van der Waals surface area contributed by atoms with E-state index in [0.29, 0.717) is 11.4 Å². The van der Waals surface area contributed by atoms with Gasteiger partial charge in [-0.2, -0.15) is 0 Å². The first-order valence-electron chi connectivity index (χ1n) is 12.9. The number of benzene rings is 1. The second-order valence-corrected chi connectivity index (χ2v) is 9.54. The molecular formula is C29H36N6O3. The molecule has 0 saturated heterocycles. The molecule has 0 bridgehead atoms. The minimum atomic E-state index is -0.241. The highest BCUT2D eigenvalue weighted by Crippen LogP contribution is 2.19. The third-order valence-electron chi connectivity index (χ3n) is 6.50. The number of aromatic nitrogens is 4. The number of nitrogens with one attached hydrogen (secondary N) is 2. The predicted molar refractivity (Wildman–Crippen MR) is 149 cm³/mol. The zero-order chi connectivity index (χ0) is 27.1. The zero-order valence-electron chi connectivity index (χ0n) is 22.5. The van der Waals surface area contributed by atoms with E-state index >= 15 is 0 Å². The number of nitrogens with zero attached hydrogens (tertiary/aromatic N) is 4. The van der Waals surface area contributed by atoms with E-state index in [1.54, 1.807) is 31.0 Å². The summed E-state index contributed by atoms with van der Waals surface area (Å²) in [4.78, 5) is 30.0. The van der Waals surface area contributed by atoms with Crippen LogP contribution in [0.4, 0.5) is 11.4 Å². The summed E-state index contributed by atoms with van der Waals surface area (Å²) in [7, 11) is 5.36. The van der Waals surface area contributed by atoms with Crippen LogP contribution in [0.25, 0.3) is 0 Å². The molecule has 2 amide bonds. The van der Waals surface area contributed by atoms with Crippen molar-refractivity contribution in [2.24, 2.45) is 14.1 Å². The normalized spacial score (nSPS) is 10.9. The molecule has 0 saturated carbocycles. The Morgan fingerprint density at radius 3 is 2.42 bits per heavy atom. The van der Waals surface area contributed by atoms with Gasteiger partial charge in [0, 0.05) is 44.9 Å². The molecule has 4 aromatic rings. The van der Waals surface area contributed by atoms with Gasteiger partial charge >= 0.3 is 0 Å². The molecule has 9 nitrogen and oxygen atoms in total. The molecule has 200 valence electrons. The topological polar surface area (TPSA) is 95.1 Å². The number of anilines is 2. The number of unbranched alkanes of at least 4 members (excludes halogenated alkanes) is 1. The number of amides is 2. The number of imidazole rings is 1. The molecule has 0 aliphatic heterocycles. The maximum Gasteiger partial charge on any atom is 0.272 e. The summed E-state index contributed by atoms with van der Waals surface area (Å²) in [6, 6.07) is 11.0. The van der Waals surface area contributed by atoms with Gasteiger partial charge < -0.3 is 29.1 Å². The highest BCUT2D eigenvalue weighted by molar-refractivity contribution is 6.04. The summed E-state index contributed by atoms with van der Waals surface area (Å²) >= 11 is 0. The Bertz CT molecular complexity index is 1380. The molecule has 9 heteroatoms. The average Bonchev–Trinajstić information content (AvgIpc) is 3.60. The first kappa shape index (κ1) is 26.8. The van der Waals surface area contributed by atoms with Gasteiger partial charge in [0.05, 0.1) is 36.9 Å². The molecule has 0 unspecified atom stereocenters. The molecule has 0 atom stereocenters. The van der Waals surface area contributed by atoms with Gasteiger partial charge in [-0.3, -0.25) is 9.59 Å². The lowest BCUT2D eigenvalue weighted by atomic mass is 10.1. The summed E-state index contributed by atoms with van der Waals surface area (Å²) in [5.41, 5.74) is 4.81. The van der Waals surface area contributed by atoms with Crippen molar-refractivity contribution in [3.05, 3.63) is 84.0 Å². The Morgan fingerprint density at radius 2 is 1.68 bits per heavy atom. The standard InChI is InChI=1S/C29H36N6O3/c1-5-6-13-35-19-22(30-20-35)9-10-25-15-23(17-33(25)2)32-29(37)27-16-24(18-34(27)3)31-28(36)14-21-7-11-26(38-4)12-8-21/h7-8,11-12,15-20H,5-6,9-10,13-14H2,1-4H3,(H,31,36)(H,32,37). The van der Waals surface area contributed by atoms with Gasteiger partial charge in [-0.25, -0.2) is 4.98 Å². The zero-order valence-corrected chi connectivity index (χ0v) is 22.5. The molecular weight excluding hydrogens is 480 g/mol. The van der Waals surface area contributed by atoms with Crippen molar-refractivity contribution < 1.29 is 14.3 Å². The fourth-order valence-corrected chi connectivity index (χ4v) is 4.37. The number of ether oxygens (including phenoxy) is 1. The van der Waals surface area contributed by atoms with Crippen LogP contribution in [-0.4, -0.2) is 37.6 Å². The van der Waals surface area contributed by atoms with Crippen LogP contribution in [0.3, 0.4) is 0 Å². The van der Waals surface area contributed by atoms with Gasteiger partial charge in [0.15, 0.2) is 0 Å². The maximum absolute atomic E-state index is 13.0. The van der Waals surface area contributed by atoms with Crippen LogP contribution >= 0.6 is 0 Å². The van der Waals surface area contributed by atoms with Crippen molar-refractivity contribution in [2.45, 2.75) is 45.6 Å². The quantitative estimate of drug-likeness (QED) is 0.288. The molecule has 0 fully saturated rings. The van der Waals surface area contributed by atoms with Gasteiger partial charge in [-0.05, 0) is 49.1 Å². The third-order valence-corrected chi connectivity index (χ3v) is 6.50.